The van der Waals surface area contributed by atoms with Crippen LogP contribution in [0.15, 0.2) is 84.0 Å². The number of carbonyl (C=O) groups excluding carboxylic acids is 1. The molecule has 6 nitrogen and oxygen atoms in total. The van der Waals surface area contributed by atoms with Crippen LogP contribution in [0.3, 0.4) is 0 Å². The predicted molar refractivity (Wildman–Crippen MR) is 120 cm³/mol. The Morgan fingerprint density at radius 2 is 1.63 bits per heavy atom. The first-order chi connectivity index (χ1) is 14.3. The minimum Gasteiger partial charge on any atom is -0.267 e. The molecule has 0 saturated carbocycles. The standard InChI is InChI=1S/C22H20ClN3O3S/c1-30(28,29)26(16-18-7-11-20(23)12-8-18)21-13-9-19(10-14-21)22(27)25-24-15-17-5-3-2-4-6-17/h2-15H,16H2,1H3,(H,25,27)/b24-15+. The zero-order valence-electron chi connectivity index (χ0n) is 16.2. The van der Waals surface area contributed by atoms with Crippen molar-refractivity contribution in [2.24, 2.45) is 5.10 Å². The molecule has 3 rings (SSSR count). The van der Waals surface area contributed by atoms with Gasteiger partial charge in [0.1, 0.15) is 0 Å². The fraction of sp³-hybridized carbons (Fsp3) is 0.0909. The lowest BCUT2D eigenvalue weighted by atomic mass is 10.2. The van der Waals surface area contributed by atoms with E-state index in [9.17, 15) is 13.2 Å². The summed E-state index contributed by atoms with van der Waals surface area (Å²) < 4.78 is 25.9. The van der Waals surface area contributed by atoms with Gasteiger partial charge in [-0.3, -0.25) is 9.10 Å². The second-order valence-corrected chi connectivity index (χ2v) is 8.90. The SMILES string of the molecule is CS(=O)(=O)N(Cc1ccc(Cl)cc1)c1ccc(C(=O)N/N=C/c2ccccc2)cc1. The van der Waals surface area contributed by atoms with Crippen LogP contribution in [-0.2, 0) is 16.6 Å². The zero-order chi connectivity index (χ0) is 21.6. The van der Waals surface area contributed by atoms with Gasteiger partial charge in [-0.25, -0.2) is 13.8 Å². The van der Waals surface area contributed by atoms with Crippen molar-refractivity contribution in [3.63, 3.8) is 0 Å². The van der Waals surface area contributed by atoms with Crippen molar-refractivity contribution in [2.45, 2.75) is 6.54 Å². The molecule has 0 atom stereocenters. The summed E-state index contributed by atoms with van der Waals surface area (Å²) in [7, 11) is -3.53. The molecule has 1 amide bonds. The largest absolute Gasteiger partial charge is 0.271 e. The van der Waals surface area contributed by atoms with E-state index in [0.717, 1.165) is 17.4 Å². The average molecular weight is 442 g/mol. The number of nitrogens with zero attached hydrogens (tertiary/aromatic N) is 2. The number of anilines is 1. The summed E-state index contributed by atoms with van der Waals surface area (Å²) >= 11 is 5.89. The molecule has 30 heavy (non-hydrogen) atoms. The maximum Gasteiger partial charge on any atom is 0.271 e. The van der Waals surface area contributed by atoms with Crippen LogP contribution in [0, 0.1) is 0 Å². The third-order valence-electron chi connectivity index (χ3n) is 4.24. The Labute approximate surface area is 180 Å². The molecule has 0 aliphatic rings. The highest BCUT2D eigenvalue weighted by molar-refractivity contribution is 7.92. The van der Waals surface area contributed by atoms with Crippen LogP contribution in [0.2, 0.25) is 5.02 Å². The summed E-state index contributed by atoms with van der Waals surface area (Å²) in [5, 5.41) is 4.51. The second kappa shape index (κ2) is 9.56. The van der Waals surface area contributed by atoms with Gasteiger partial charge in [-0.1, -0.05) is 54.1 Å². The van der Waals surface area contributed by atoms with Gasteiger partial charge in [-0.15, -0.1) is 0 Å². The monoisotopic (exact) mass is 441 g/mol. The van der Waals surface area contributed by atoms with Crippen molar-refractivity contribution < 1.29 is 13.2 Å². The smallest absolute Gasteiger partial charge is 0.267 e. The van der Waals surface area contributed by atoms with Gasteiger partial charge >= 0.3 is 0 Å². The third kappa shape index (κ3) is 5.92. The maximum atomic E-state index is 12.3. The number of nitrogens with one attached hydrogen (secondary N) is 1. The molecule has 0 saturated heterocycles. The van der Waals surface area contributed by atoms with Gasteiger partial charge in [0.2, 0.25) is 10.0 Å². The molecule has 0 aliphatic carbocycles. The van der Waals surface area contributed by atoms with E-state index in [2.05, 4.69) is 10.5 Å². The molecule has 0 aromatic heterocycles. The van der Waals surface area contributed by atoms with Gasteiger partial charge in [-0.2, -0.15) is 5.10 Å². The van der Waals surface area contributed by atoms with Gasteiger partial charge < -0.3 is 0 Å². The van der Waals surface area contributed by atoms with E-state index < -0.39 is 15.9 Å². The highest BCUT2D eigenvalue weighted by atomic mass is 35.5. The van der Waals surface area contributed by atoms with Crippen molar-refractivity contribution in [1.29, 1.82) is 0 Å². The summed E-state index contributed by atoms with van der Waals surface area (Å²) in [5.74, 6) is -0.391. The van der Waals surface area contributed by atoms with Crippen molar-refractivity contribution in [3.05, 3.63) is 101 Å². The molecular weight excluding hydrogens is 422 g/mol. The van der Waals surface area contributed by atoms with Crippen molar-refractivity contribution in [3.8, 4) is 0 Å². The summed E-state index contributed by atoms with van der Waals surface area (Å²) in [4.78, 5) is 12.3. The Kier molecular flexibility index (Phi) is 6.87. The summed E-state index contributed by atoms with van der Waals surface area (Å²) in [6.07, 6.45) is 2.69. The number of rotatable bonds is 7. The molecule has 0 heterocycles. The Morgan fingerprint density at radius 3 is 2.23 bits per heavy atom. The molecule has 0 radical (unpaired) electrons. The number of benzene rings is 3. The van der Waals surface area contributed by atoms with Crippen LogP contribution in [0.1, 0.15) is 21.5 Å². The van der Waals surface area contributed by atoms with Crippen molar-refractivity contribution in [1.82, 2.24) is 5.43 Å². The average Bonchev–Trinajstić information content (AvgIpc) is 2.73. The van der Waals surface area contributed by atoms with Gasteiger partial charge in [0.25, 0.3) is 5.91 Å². The first-order valence-electron chi connectivity index (χ1n) is 9.03. The van der Waals surface area contributed by atoms with Gasteiger partial charge in [-0.05, 0) is 47.5 Å². The van der Waals surface area contributed by atoms with E-state index in [-0.39, 0.29) is 6.54 Å². The lowest BCUT2D eigenvalue weighted by Gasteiger charge is -2.22. The summed E-state index contributed by atoms with van der Waals surface area (Å²) in [5.41, 5.74) is 4.93. The topological polar surface area (TPSA) is 78.8 Å². The Hall–Kier alpha value is -3.16. The van der Waals surface area contributed by atoms with Crippen LogP contribution in [0.5, 0.6) is 0 Å². The second-order valence-electron chi connectivity index (χ2n) is 6.55. The Balaban J connectivity index is 1.72. The molecule has 0 fully saturated rings. The molecule has 154 valence electrons. The minimum absolute atomic E-state index is 0.156. The molecular formula is C22H20ClN3O3S. The third-order valence-corrected chi connectivity index (χ3v) is 5.63. The van der Waals surface area contributed by atoms with Crippen LogP contribution in [0.25, 0.3) is 0 Å². The summed E-state index contributed by atoms with van der Waals surface area (Å²) in [6.45, 7) is 0.156. The Bertz CT molecular complexity index is 1130. The van der Waals surface area contributed by atoms with Gasteiger partial charge in [0, 0.05) is 10.6 Å². The molecule has 8 heteroatoms. The van der Waals surface area contributed by atoms with Crippen LogP contribution in [0.4, 0.5) is 5.69 Å². The maximum absolute atomic E-state index is 12.3. The number of hydrazone groups is 1. The quantitative estimate of drug-likeness (QED) is 0.443. The summed E-state index contributed by atoms with van der Waals surface area (Å²) in [6, 6.07) is 22.6. The van der Waals surface area contributed by atoms with Crippen LogP contribution >= 0.6 is 11.6 Å². The number of sulfonamides is 1. The van der Waals surface area contributed by atoms with Crippen LogP contribution in [-0.4, -0.2) is 26.8 Å². The van der Waals surface area contributed by atoms with Crippen LogP contribution < -0.4 is 9.73 Å². The molecule has 3 aromatic rings. The highest BCUT2D eigenvalue weighted by Gasteiger charge is 2.18. The van der Waals surface area contributed by atoms with Crippen molar-refractivity contribution in [2.75, 3.05) is 10.6 Å². The van der Waals surface area contributed by atoms with Gasteiger partial charge in [0.05, 0.1) is 24.7 Å². The first-order valence-corrected chi connectivity index (χ1v) is 11.3. The molecule has 0 unspecified atom stereocenters. The zero-order valence-corrected chi connectivity index (χ0v) is 17.8. The van der Waals surface area contributed by atoms with E-state index in [1.165, 1.54) is 4.31 Å². The molecule has 0 aliphatic heterocycles. The fourth-order valence-electron chi connectivity index (χ4n) is 2.70. The molecule has 0 spiro atoms. The normalized spacial score (nSPS) is 11.4. The fourth-order valence-corrected chi connectivity index (χ4v) is 3.72. The van der Waals surface area contributed by atoms with Crippen molar-refractivity contribution >= 4 is 39.4 Å². The lowest BCUT2D eigenvalue weighted by Crippen LogP contribution is -2.29. The number of hydrogen-bond acceptors (Lipinski definition) is 4. The Morgan fingerprint density at radius 1 is 1.00 bits per heavy atom. The molecule has 3 aromatic carbocycles. The predicted octanol–water partition coefficient (Wildman–Crippen LogP) is 4.07. The number of amides is 1. The number of hydrogen-bond donors (Lipinski definition) is 1. The van der Waals surface area contributed by atoms with E-state index in [1.54, 1.807) is 54.7 Å². The highest BCUT2D eigenvalue weighted by Crippen LogP contribution is 2.22. The van der Waals surface area contributed by atoms with E-state index in [0.29, 0.717) is 16.3 Å². The van der Waals surface area contributed by atoms with E-state index in [4.69, 9.17) is 11.6 Å². The van der Waals surface area contributed by atoms with E-state index in [1.807, 2.05) is 30.3 Å². The van der Waals surface area contributed by atoms with E-state index >= 15 is 0 Å². The first kappa shape index (κ1) is 21.5. The molecule has 1 N–H and O–H groups in total. The van der Waals surface area contributed by atoms with Gasteiger partial charge in [0.15, 0.2) is 0 Å². The lowest BCUT2D eigenvalue weighted by molar-refractivity contribution is 0.0955. The minimum atomic E-state index is -3.53. The molecule has 0 bridgehead atoms. The number of halogens is 1. The number of carbonyl (C=O) groups is 1.